The molecule has 0 aliphatic carbocycles. The lowest BCUT2D eigenvalue weighted by molar-refractivity contribution is 0.0495. The van der Waals surface area contributed by atoms with E-state index < -0.39 is 5.82 Å². The van der Waals surface area contributed by atoms with E-state index in [-0.39, 0.29) is 24.1 Å². The Bertz CT molecular complexity index is 552. The number of halogens is 2. The first kappa shape index (κ1) is 18.0. The molecule has 0 saturated carbocycles. The summed E-state index contributed by atoms with van der Waals surface area (Å²) in [5, 5.41) is 3.40. The zero-order valence-corrected chi connectivity index (χ0v) is 14.3. The minimum atomic E-state index is -0.439. The maximum atomic E-state index is 13.5. The predicted molar refractivity (Wildman–Crippen MR) is 89.9 cm³/mol. The molecular weight excluding hydrogens is 319 g/mol. The standard InChI is InChI=1S/C17H23FN2O2.ClH/c1-22-15-12-13(2-3-14(15)18)16(21)20-10-6-17(7-11-20)4-8-19-9-5-17;/h2-3,12,19H,4-11H2,1H3;1H. The van der Waals surface area contributed by atoms with E-state index in [0.29, 0.717) is 11.0 Å². The predicted octanol–water partition coefficient (Wildman–Crippen LogP) is 2.86. The first-order valence-corrected chi connectivity index (χ1v) is 7.97. The fraction of sp³-hybridized carbons (Fsp3) is 0.588. The van der Waals surface area contributed by atoms with Crippen LogP contribution in [-0.4, -0.2) is 44.1 Å². The van der Waals surface area contributed by atoms with Gasteiger partial charge in [-0.25, -0.2) is 4.39 Å². The molecule has 4 nitrogen and oxygen atoms in total. The molecule has 0 bridgehead atoms. The second-order valence-electron chi connectivity index (χ2n) is 6.39. The van der Waals surface area contributed by atoms with Gasteiger partial charge in [0.1, 0.15) is 0 Å². The highest BCUT2D eigenvalue weighted by Gasteiger charge is 2.36. The van der Waals surface area contributed by atoms with Crippen LogP contribution in [0.25, 0.3) is 0 Å². The summed E-state index contributed by atoms with van der Waals surface area (Å²) in [7, 11) is 1.41. The van der Waals surface area contributed by atoms with Crippen LogP contribution in [0.1, 0.15) is 36.0 Å². The van der Waals surface area contributed by atoms with Crippen LogP contribution in [0.15, 0.2) is 18.2 Å². The van der Waals surface area contributed by atoms with Crippen molar-refractivity contribution in [3.05, 3.63) is 29.6 Å². The number of likely N-dealkylation sites (tertiary alicyclic amines) is 1. The van der Waals surface area contributed by atoms with E-state index in [1.54, 1.807) is 0 Å². The Kier molecular flexibility index (Phi) is 5.87. The summed E-state index contributed by atoms with van der Waals surface area (Å²) < 4.78 is 18.4. The fourth-order valence-corrected chi connectivity index (χ4v) is 3.62. The van der Waals surface area contributed by atoms with Gasteiger partial charge in [0.25, 0.3) is 5.91 Å². The number of nitrogens with zero attached hydrogens (tertiary/aromatic N) is 1. The van der Waals surface area contributed by atoms with Gasteiger partial charge in [-0.15, -0.1) is 12.4 Å². The highest BCUT2D eigenvalue weighted by molar-refractivity contribution is 5.94. The number of hydrogen-bond acceptors (Lipinski definition) is 3. The summed E-state index contributed by atoms with van der Waals surface area (Å²) in [5.74, 6) is -0.342. The third kappa shape index (κ3) is 3.78. The Morgan fingerprint density at radius 2 is 1.87 bits per heavy atom. The minimum Gasteiger partial charge on any atom is -0.494 e. The van der Waals surface area contributed by atoms with Crippen molar-refractivity contribution in [2.24, 2.45) is 5.41 Å². The summed E-state index contributed by atoms with van der Waals surface area (Å²) in [4.78, 5) is 14.5. The van der Waals surface area contributed by atoms with Crippen molar-refractivity contribution in [1.82, 2.24) is 10.2 Å². The summed E-state index contributed by atoms with van der Waals surface area (Å²) in [5.41, 5.74) is 0.919. The molecular formula is C17H24ClFN2O2. The zero-order chi connectivity index (χ0) is 15.6. The Hall–Kier alpha value is -1.33. The molecule has 0 radical (unpaired) electrons. The minimum absolute atomic E-state index is 0. The molecule has 1 aromatic rings. The van der Waals surface area contributed by atoms with Crippen LogP contribution in [0, 0.1) is 11.2 Å². The quantitative estimate of drug-likeness (QED) is 0.898. The first-order chi connectivity index (χ1) is 10.6. The molecule has 1 spiro atoms. The molecule has 3 rings (SSSR count). The van der Waals surface area contributed by atoms with Gasteiger partial charge in [0, 0.05) is 18.7 Å². The van der Waals surface area contributed by atoms with Crippen molar-refractivity contribution >= 4 is 18.3 Å². The van der Waals surface area contributed by atoms with Crippen LogP contribution in [0.5, 0.6) is 5.75 Å². The van der Waals surface area contributed by atoms with E-state index in [9.17, 15) is 9.18 Å². The van der Waals surface area contributed by atoms with E-state index in [4.69, 9.17) is 4.74 Å². The third-order valence-electron chi connectivity index (χ3n) is 5.17. The van der Waals surface area contributed by atoms with Crippen molar-refractivity contribution in [3.63, 3.8) is 0 Å². The molecule has 2 saturated heterocycles. The van der Waals surface area contributed by atoms with Gasteiger partial charge in [-0.05, 0) is 62.4 Å². The largest absolute Gasteiger partial charge is 0.494 e. The maximum Gasteiger partial charge on any atom is 0.253 e. The summed E-state index contributed by atoms with van der Waals surface area (Å²) in [6.45, 7) is 3.75. The Morgan fingerprint density at radius 1 is 1.22 bits per heavy atom. The van der Waals surface area contributed by atoms with Gasteiger partial charge in [0.2, 0.25) is 0 Å². The number of methoxy groups -OCH3 is 1. The van der Waals surface area contributed by atoms with Gasteiger partial charge in [-0.1, -0.05) is 0 Å². The van der Waals surface area contributed by atoms with Crippen LogP contribution in [0.4, 0.5) is 4.39 Å². The molecule has 0 atom stereocenters. The Labute approximate surface area is 142 Å². The van der Waals surface area contributed by atoms with Crippen LogP contribution >= 0.6 is 12.4 Å². The zero-order valence-electron chi connectivity index (χ0n) is 13.4. The van der Waals surface area contributed by atoms with Crippen LogP contribution in [0.2, 0.25) is 0 Å². The molecule has 1 aromatic carbocycles. The smallest absolute Gasteiger partial charge is 0.253 e. The number of rotatable bonds is 2. The molecule has 2 heterocycles. The number of carbonyl (C=O) groups excluding carboxylic acids is 1. The number of hydrogen-bond donors (Lipinski definition) is 1. The molecule has 1 N–H and O–H groups in total. The average Bonchev–Trinajstić information content (AvgIpc) is 2.56. The number of benzene rings is 1. The lowest BCUT2D eigenvalue weighted by atomic mass is 9.71. The number of carbonyl (C=O) groups is 1. The lowest BCUT2D eigenvalue weighted by Crippen LogP contribution is -2.47. The molecule has 6 heteroatoms. The second-order valence-corrected chi connectivity index (χ2v) is 6.39. The van der Waals surface area contributed by atoms with E-state index in [2.05, 4.69) is 5.32 Å². The molecule has 2 aliphatic heterocycles. The van der Waals surface area contributed by atoms with Gasteiger partial charge >= 0.3 is 0 Å². The highest BCUT2D eigenvalue weighted by Crippen LogP contribution is 2.39. The van der Waals surface area contributed by atoms with Crippen LogP contribution in [-0.2, 0) is 0 Å². The van der Waals surface area contributed by atoms with E-state index >= 15 is 0 Å². The molecule has 23 heavy (non-hydrogen) atoms. The summed E-state index contributed by atoms with van der Waals surface area (Å²) in [6, 6.07) is 4.33. The Balaban J connectivity index is 0.00000192. The Morgan fingerprint density at radius 3 is 2.48 bits per heavy atom. The topological polar surface area (TPSA) is 41.6 Å². The number of nitrogens with one attached hydrogen (secondary N) is 1. The van der Waals surface area contributed by atoms with Crippen molar-refractivity contribution < 1.29 is 13.9 Å². The monoisotopic (exact) mass is 342 g/mol. The van der Waals surface area contributed by atoms with Gasteiger partial charge in [0.05, 0.1) is 7.11 Å². The maximum absolute atomic E-state index is 13.5. The van der Waals surface area contributed by atoms with Gasteiger partial charge < -0.3 is 15.0 Å². The van der Waals surface area contributed by atoms with Crippen molar-refractivity contribution in [2.75, 3.05) is 33.3 Å². The lowest BCUT2D eigenvalue weighted by Gasteiger charge is -2.44. The van der Waals surface area contributed by atoms with E-state index in [0.717, 1.165) is 39.0 Å². The molecule has 0 unspecified atom stereocenters. The van der Waals surface area contributed by atoms with E-state index in [1.807, 2.05) is 4.90 Å². The fourth-order valence-electron chi connectivity index (χ4n) is 3.62. The third-order valence-corrected chi connectivity index (χ3v) is 5.17. The second kappa shape index (κ2) is 7.49. The van der Waals surface area contributed by atoms with Crippen molar-refractivity contribution in [1.29, 1.82) is 0 Å². The average molecular weight is 343 g/mol. The molecule has 1 amide bonds. The normalized spacial score (nSPS) is 20.0. The molecule has 2 aliphatic rings. The van der Waals surface area contributed by atoms with E-state index in [1.165, 1.54) is 38.2 Å². The molecule has 128 valence electrons. The van der Waals surface area contributed by atoms with Gasteiger partial charge in [-0.3, -0.25) is 4.79 Å². The van der Waals surface area contributed by atoms with Gasteiger partial charge in [0.15, 0.2) is 11.6 Å². The SMILES string of the molecule is COc1cc(C(=O)N2CCC3(CCNCC3)CC2)ccc1F.Cl. The highest BCUT2D eigenvalue weighted by atomic mass is 35.5. The number of ether oxygens (including phenoxy) is 1. The van der Waals surface area contributed by atoms with Crippen molar-refractivity contribution in [2.45, 2.75) is 25.7 Å². The van der Waals surface area contributed by atoms with Crippen molar-refractivity contribution in [3.8, 4) is 5.75 Å². The number of piperidine rings is 2. The molecule has 2 fully saturated rings. The van der Waals surface area contributed by atoms with Crippen LogP contribution < -0.4 is 10.1 Å². The van der Waals surface area contributed by atoms with Crippen LogP contribution in [0.3, 0.4) is 0 Å². The summed E-state index contributed by atoms with van der Waals surface area (Å²) in [6.07, 6.45) is 4.55. The summed E-state index contributed by atoms with van der Waals surface area (Å²) >= 11 is 0. The molecule has 0 aromatic heterocycles. The number of amides is 1. The van der Waals surface area contributed by atoms with Gasteiger partial charge in [-0.2, -0.15) is 0 Å². The first-order valence-electron chi connectivity index (χ1n) is 7.97.